The average molecular weight is 451 g/mol. The molecule has 31 heavy (non-hydrogen) atoms. The van der Waals surface area contributed by atoms with Crippen LogP contribution in [0.3, 0.4) is 0 Å². The van der Waals surface area contributed by atoms with Gasteiger partial charge in [-0.15, -0.1) is 22.7 Å². The summed E-state index contributed by atoms with van der Waals surface area (Å²) in [7, 11) is 0. The number of thiophene rings is 2. The lowest BCUT2D eigenvalue weighted by molar-refractivity contribution is 0.574. The normalized spacial score (nSPS) is 11.0. The Morgan fingerprint density at radius 2 is 1.48 bits per heavy atom. The van der Waals surface area contributed by atoms with Crippen LogP contribution in [0.25, 0.3) is 19.8 Å². The molecule has 0 spiro atoms. The van der Waals surface area contributed by atoms with E-state index in [0.717, 1.165) is 20.7 Å². The van der Waals surface area contributed by atoms with Crippen molar-refractivity contribution >= 4 is 32.1 Å². The molecule has 2 aromatic heterocycles. The third kappa shape index (κ3) is 5.06. The van der Waals surface area contributed by atoms with Crippen LogP contribution in [-0.4, -0.2) is 0 Å². The first-order valence-corrected chi connectivity index (χ1v) is 12.3. The quantitative estimate of drug-likeness (QED) is 0.204. The first kappa shape index (κ1) is 21.7. The fourth-order valence-electron chi connectivity index (χ4n) is 3.53. The van der Waals surface area contributed by atoms with Gasteiger partial charge in [0.25, 0.3) is 0 Å². The van der Waals surface area contributed by atoms with Gasteiger partial charge in [-0.3, -0.25) is 0 Å². The summed E-state index contributed by atoms with van der Waals surface area (Å²) in [6.07, 6.45) is 5.48. The van der Waals surface area contributed by atoms with Crippen LogP contribution in [0.4, 0.5) is 8.78 Å². The molecule has 0 radical (unpaired) electrons. The topological polar surface area (TPSA) is 0 Å². The summed E-state index contributed by atoms with van der Waals surface area (Å²) >= 11 is 3.29. The van der Waals surface area contributed by atoms with Crippen molar-refractivity contribution in [3.05, 3.63) is 81.7 Å². The van der Waals surface area contributed by atoms with Crippen molar-refractivity contribution in [2.75, 3.05) is 0 Å². The molecule has 0 saturated heterocycles. The van der Waals surface area contributed by atoms with Crippen molar-refractivity contribution < 1.29 is 8.78 Å². The molecule has 4 rings (SSSR count). The molecule has 0 aliphatic carbocycles. The summed E-state index contributed by atoms with van der Waals surface area (Å²) < 4.78 is 30.6. The number of hydrogen-bond donors (Lipinski definition) is 0. The number of halogens is 2. The van der Waals surface area contributed by atoms with Crippen LogP contribution in [0.1, 0.15) is 54.7 Å². The molecule has 4 aromatic rings. The number of unbranched alkanes of at least 4 members (excludes halogenated alkanes) is 2. The van der Waals surface area contributed by atoms with Crippen LogP contribution in [-0.2, 0) is 12.8 Å². The Hall–Kier alpha value is -2.48. The van der Waals surface area contributed by atoms with E-state index in [0.29, 0.717) is 12.0 Å². The van der Waals surface area contributed by atoms with Crippen LogP contribution in [0.5, 0.6) is 0 Å². The minimum atomic E-state index is -0.594. The van der Waals surface area contributed by atoms with E-state index in [1.165, 1.54) is 47.4 Å². The van der Waals surface area contributed by atoms with Crippen molar-refractivity contribution in [3.8, 4) is 22.3 Å². The second-order valence-electron chi connectivity index (χ2n) is 7.64. The number of rotatable bonds is 6. The Bertz CT molecular complexity index is 1200. The highest BCUT2D eigenvalue weighted by Crippen LogP contribution is 2.38. The van der Waals surface area contributed by atoms with Crippen LogP contribution in [0.15, 0.2) is 48.5 Å². The zero-order valence-corrected chi connectivity index (χ0v) is 19.4. The highest BCUT2D eigenvalue weighted by molar-refractivity contribution is 7.29. The van der Waals surface area contributed by atoms with Gasteiger partial charge in [-0.05, 0) is 60.2 Å². The van der Waals surface area contributed by atoms with Gasteiger partial charge >= 0.3 is 0 Å². The molecule has 0 aliphatic heterocycles. The molecule has 0 bridgehead atoms. The second-order valence-corrected chi connectivity index (χ2v) is 9.81. The van der Waals surface area contributed by atoms with Gasteiger partial charge in [0.05, 0.1) is 10.4 Å². The molecule has 0 fully saturated rings. The van der Waals surface area contributed by atoms with Crippen LogP contribution in [0, 0.1) is 23.5 Å². The van der Waals surface area contributed by atoms with Gasteiger partial charge < -0.3 is 0 Å². The van der Waals surface area contributed by atoms with Crippen molar-refractivity contribution in [2.45, 2.75) is 46.0 Å². The van der Waals surface area contributed by atoms with E-state index in [1.54, 1.807) is 22.7 Å². The molecular formula is C27H24F2S2. The number of fused-ring (bicyclic) bond motifs is 1. The first-order valence-electron chi connectivity index (χ1n) is 10.7. The van der Waals surface area contributed by atoms with Crippen LogP contribution in [0.2, 0.25) is 0 Å². The third-order valence-corrected chi connectivity index (χ3v) is 7.59. The third-order valence-electron chi connectivity index (χ3n) is 5.34. The van der Waals surface area contributed by atoms with E-state index >= 15 is 0 Å². The second kappa shape index (κ2) is 9.77. The van der Waals surface area contributed by atoms with E-state index in [1.807, 2.05) is 13.0 Å². The summed E-state index contributed by atoms with van der Waals surface area (Å²) in [5.41, 5.74) is 3.09. The lowest BCUT2D eigenvalue weighted by Gasteiger charge is -2.02. The summed E-state index contributed by atoms with van der Waals surface area (Å²) in [5.74, 6) is 4.44. The molecule has 158 valence electrons. The van der Waals surface area contributed by atoms with Crippen LogP contribution < -0.4 is 0 Å². The largest absolute Gasteiger partial charge is 0.206 e. The van der Waals surface area contributed by atoms with Crippen molar-refractivity contribution in [1.82, 2.24) is 0 Å². The zero-order valence-electron chi connectivity index (χ0n) is 17.7. The maximum Gasteiger partial charge on any atom is 0.142 e. The molecule has 0 nitrogen and oxygen atoms in total. The predicted octanol–water partition coefficient (Wildman–Crippen LogP) is 8.60. The zero-order chi connectivity index (χ0) is 21.8. The van der Waals surface area contributed by atoms with Gasteiger partial charge in [0.1, 0.15) is 11.6 Å². The molecule has 0 saturated carbocycles. The lowest BCUT2D eigenvalue weighted by Crippen LogP contribution is -1.93. The molecule has 0 atom stereocenters. The minimum Gasteiger partial charge on any atom is -0.206 e. The Morgan fingerprint density at radius 3 is 2.13 bits per heavy atom. The molecule has 4 heteroatoms. The summed E-state index contributed by atoms with van der Waals surface area (Å²) in [6, 6.07) is 15.8. The number of benzene rings is 2. The SMILES string of the molecule is CCCCCc1ccc(-c2cc3sc(C#Cc4c(F)cc(CC)cc4F)cc3s2)cc1. The van der Waals surface area contributed by atoms with Gasteiger partial charge in [0.15, 0.2) is 0 Å². The molecule has 0 unspecified atom stereocenters. The Kier molecular flexibility index (Phi) is 6.85. The molecule has 0 N–H and O–H groups in total. The molecule has 2 aromatic carbocycles. The van der Waals surface area contributed by atoms with Gasteiger partial charge in [0, 0.05) is 14.3 Å². The fourth-order valence-corrected chi connectivity index (χ4v) is 5.78. The van der Waals surface area contributed by atoms with Crippen molar-refractivity contribution in [3.63, 3.8) is 0 Å². The van der Waals surface area contributed by atoms with E-state index in [4.69, 9.17) is 0 Å². The monoisotopic (exact) mass is 450 g/mol. The lowest BCUT2D eigenvalue weighted by atomic mass is 10.0. The molecular weight excluding hydrogens is 426 g/mol. The molecule has 0 amide bonds. The smallest absolute Gasteiger partial charge is 0.142 e. The van der Waals surface area contributed by atoms with Gasteiger partial charge in [-0.2, -0.15) is 0 Å². The maximum absolute atomic E-state index is 14.2. The summed E-state index contributed by atoms with van der Waals surface area (Å²) in [5, 5.41) is 0. The van der Waals surface area contributed by atoms with Gasteiger partial charge in [-0.25, -0.2) is 8.78 Å². The van der Waals surface area contributed by atoms with Crippen molar-refractivity contribution in [2.24, 2.45) is 0 Å². The molecule has 2 heterocycles. The van der Waals surface area contributed by atoms with E-state index in [9.17, 15) is 8.78 Å². The van der Waals surface area contributed by atoms with Crippen molar-refractivity contribution in [1.29, 1.82) is 0 Å². The standard InChI is InChI=1S/C27H24F2S2/c1-3-5-6-7-19-8-10-20(11-9-19)25-17-27-26(31-25)16-21(30-27)12-13-22-23(28)14-18(4-2)15-24(22)29/h8-11,14-17H,3-7H2,1-2H3. The number of aryl methyl sites for hydroxylation is 2. The Balaban J connectivity index is 1.52. The average Bonchev–Trinajstić information content (AvgIpc) is 3.32. The van der Waals surface area contributed by atoms with Gasteiger partial charge in [-0.1, -0.05) is 62.8 Å². The molecule has 0 aliphatic rings. The first-order chi connectivity index (χ1) is 15.1. The number of hydrogen-bond acceptors (Lipinski definition) is 2. The van der Waals surface area contributed by atoms with E-state index < -0.39 is 11.6 Å². The predicted molar refractivity (Wildman–Crippen MR) is 130 cm³/mol. The summed E-state index contributed by atoms with van der Waals surface area (Å²) in [4.78, 5) is 2.05. The van der Waals surface area contributed by atoms with E-state index in [2.05, 4.69) is 49.1 Å². The Morgan fingerprint density at radius 1 is 0.774 bits per heavy atom. The van der Waals surface area contributed by atoms with Gasteiger partial charge in [0.2, 0.25) is 0 Å². The maximum atomic E-state index is 14.2. The Labute approximate surface area is 190 Å². The van der Waals surface area contributed by atoms with E-state index in [-0.39, 0.29) is 5.56 Å². The summed E-state index contributed by atoms with van der Waals surface area (Å²) in [6.45, 7) is 4.09. The highest BCUT2D eigenvalue weighted by atomic mass is 32.1. The highest BCUT2D eigenvalue weighted by Gasteiger charge is 2.10. The van der Waals surface area contributed by atoms with Crippen LogP contribution >= 0.6 is 22.7 Å². The minimum absolute atomic E-state index is 0.159. The fraction of sp³-hybridized carbons (Fsp3) is 0.259.